The number of unbranched alkanes of at least 4 members (excludes halogenated alkanes) is 1. The van der Waals surface area contributed by atoms with Crippen LogP contribution in [0.2, 0.25) is 0 Å². The van der Waals surface area contributed by atoms with Gasteiger partial charge in [-0.2, -0.15) is 0 Å². The van der Waals surface area contributed by atoms with Crippen molar-refractivity contribution in [2.75, 3.05) is 0 Å². The van der Waals surface area contributed by atoms with Crippen LogP contribution in [0, 0.1) is 4.77 Å². The summed E-state index contributed by atoms with van der Waals surface area (Å²) in [7, 11) is 0. The second kappa shape index (κ2) is 6.69. The molecule has 0 fully saturated rings. The highest BCUT2D eigenvalue weighted by Gasteiger charge is 2.12. The average Bonchev–Trinajstić information content (AvgIpc) is 2.32. The zero-order chi connectivity index (χ0) is 14.4. The zero-order valence-corrected chi connectivity index (χ0v) is 11.3. The first-order valence-corrected chi connectivity index (χ1v) is 6.11. The molecule has 0 radical (unpaired) electrons. The summed E-state index contributed by atoms with van der Waals surface area (Å²) in [5.74, 6) is -0.411. The van der Waals surface area contributed by atoms with Gasteiger partial charge in [-0.15, -0.1) is 5.10 Å². The molecule has 19 heavy (non-hydrogen) atoms. The van der Waals surface area contributed by atoms with Crippen molar-refractivity contribution in [3.8, 4) is 5.88 Å². The Hall–Kier alpha value is -2.16. The number of hydrazone groups is 1. The molecule has 0 saturated carbocycles. The SMILES string of the molecule is CCCCn1c(O)c(/C=[NH+]/N=C(N)N)c(=O)[nH]c1=S. The van der Waals surface area contributed by atoms with Crippen LogP contribution >= 0.6 is 12.2 Å². The van der Waals surface area contributed by atoms with Crippen molar-refractivity contribution in [1.82, 2.24) is 9.55 Å². The molecule has 0 aliphatic heterocycles. The van der Waals surface area contributed by atoms with Crippen LogP contribution in [0.25, 0.3) is 0 Å². The highest BCUT2D eigenvalue weighted by atomic mass is 32.1. The Balaban J connectivity index is 3.25. The molecule has 0 aliphatic rings. The Morgan fingerprint density at radius 1 is 1.63 bits per heavy atom. The van der Waals surface area contributed by atoms with Gasteiger partial charge in [-0.25, -0.2) is 0 Å². The van der Waals surface area contributed by atoms with Crippen LogP contribution in [-0.2, 0) is 6.54 Å². The van der Waals surface area contributed by atoms with Gasteiger partial charge < -0.3 is 16.6 Å². The molecular weight excluding hydrogens is 268 g/mol. The van der Waals surface area contributed by atoms with E-state index in [-0.39, 0.29) is 22.2 Å². The predicted molar refractivity (Wildman–Crippen MR) is 74.4 cm³/mol. The Kier molecular flexibility index (Phi) is 5.24. The maximum absolute atomic E-state index is 11.7. The summed E-state index contributed by atoms with van der Waals surface area (Å²) in [5.41, 5.74) is 9.74. The van der Waals surface area contributed by atoms with Gasteiger partial charge in [-0.05, 0) is 18.6 Å². The summed E-state index contributed by atoms with van der Waals surface area (Å²) in [6.07, 6.45) is 2.96. The number of H-pyrrole nitrogens is 1. The van der Waals surface area contributed by atoms with Crippen LogP contribution in [0.5, 0.6) is 5.88 Å². The lowest BCUT2D eigenvalue weighted by atomic mass is 10.3. The quantitative estimate of drug-likeness (QED) is 0.186. The van der Waals surface area contributed by atoms with Crippen LogP contribution in [0.3, 0.4) is 0 Å². The zero-order valence-electron chi connectivity index (χ0n) is 10.5. The van der Waals surface area contributed by atoms with Gasteiger partial charge >= 0.3 is 0 Å². The molecule has 1 aromatic heterocycles. The lowest BCUT2D eigenvalue weighted by Crippen LogP contribution is -2.64. The summed E-state index contributed by atoms with van der Waals surface area (Å²) in [6, 6.07) is 0. The van der Waals surface area contributed by atoms with E-state index >= 15 is 0 Å². The minimum absolute atomic E-state index is 0.00898. The fourth-order valence-electron chi connectivity index (χ4n) is 1.40. The summed E-state index contributed by atoms with van der Waals surface area (Å²) in [5, 5.41) is 15.9. The van der Waals surface area contributed by atoms with E-state index in [4.69, 9.17) is 23.7 Å². The number of hydrogen-bond donors (Lipinski definition) is 5. The molecule has 8 nitrogen and oxygen atoms in total. The maximum atomic E-state index is 11.7. The topological polar surface area (TPSA) is 136 Å². The normalized spacial score (nSPS) is 10.8. The lowest BCUT2D eigenvalue weighted by molar-refractivity contribution is -0.456. The third kappa shape index (κ3) is 3.91. The maximum Gasteiger partial charge on any atom is 0.269 e. The van der Waals surface area contributed by atoms with Crippen LogP contribution < -0.4 is 22.1 Å². The summed E-state index contributed by atoms with van der Waals surface area (Å²) >= 11 is 5.00. The molecule has 0 atom stereocenters. The van der Waals surface area contributed by atoms with E-state index in [0.29, 0.717) is 6.54 Å². The molecule has 0 unspecified atom stereocenters. The second-order valence-electron chi connectivity index (χ2n) is 3.81. The monoisotopic (exact) mass is 285 g/mol. The number of hydrogen-bond acceptors (Lipinski definition) is 4. The largest absolute Gasteiger partial charge is 0.494 e. The Morgan fingerprint density at radius 2 is 2.32 bits per heavy atom. The van der Waals surface area contributed by atoms with Crippen LogP contribution in [0.15, 0.2) is 9.90 Å². The van der Waals surface area contributed by atoms with Crippen molar-refractivity contribution in [1.29, 1.82) is 0 Å². The number of nitrogens with two attached hydrogens (primary N) is 2. The van der Waals surface area contributed by atoms with Crippen molar-refractivity contribution in [2.45, 2.75) is 26.3 Å². The third-order valence-electron chi connectivity index (χ3n) is 2.34. The van der Waals surface area contributed by atoms with Crippen molar-refractivity contribution in [3.05, 3.63) is 20.7 Å². The minimum Gasteiger partial charge on any atom is -0.494 e. The Bertz CT molecular complexity index is 611. The Morgan fingerprint density at radius 3 is 2.89 bits per heavy atom. The lowest BCUT2D eigenvalue weighted by Gasteiger charge is -2.09. The number of rotatable bonds is 5. The first-order valence-electron chi connectivity index (χ1n) is 5.70. The average molecular weight is 285 g/mol. The first kappa shape index (κ1) is 14.9. The third-order valence-corrected chi connectivity index (χ3v) is 2.67. The molecule has 0 saturated heterocycles. The van der Waals surface area contributed by atoms with Gasteiger partial charge in [0.1, 0.15) is 0 Å². The number of aromatic amines is 1. The van der Waals surface area contributed by atoms with Gasteiger partial charge in [0.05, 0.1) is 0 Å². The summed E-state index contributed by atoms with van der Waals surface area (Å²) in [4.78, 5) is 14.2. The first-order chi connectivity index (χ1) is 8.97. The van der Waals surface area contributed by atoms with Gasteiger partial charge in [-0.3, -0.25) is 14.3 Å². The molecule has 1 heterocycles. The molecule has 0 spiro atoms. The molecule has 0 aliphatic carbocycles. The number of guanidine groups is 1. The fourth-order valence-corrected chi connectivity index (χ4v) is 1.67. The van der Waals surface area contributed by atoms with Crippen molar-refractivity contribution in [3.63, 3.8) is 0 Å². The second-order valence-corrected chi connectivity index (χ2v) is 4.20. The molecule has 104 valence electrons. The fraction of sp³-hybridized carbons (Fsp3) is 0.400. The number of aromatic nitrogens is 2. The van der Waals surface area contributed by atoms with E-state index in [2.05, 4.69) is 15.2 Å². The van der Waals surface area contributed by atoms with Crippen molar-refractivity contribution in [2.24, 2.45) is 16.6 Å². The van der Waals surface area contributed by atoms with E-state index < -0.39 is 5.56 Å². The number of nitrogens with one attached hydrogen (secondary N) is 2. The van der Waals surface area contributed by atoms with Crippen LogP contribution in [-0.4, -0.2) is 26.8 Å². The van der Waals surface area contributed by atoms with E-state index in [1.54, 1.807) is 0 Å². The molecule has 0 aromatic carbocycles. The molecule has 1 rings (SSSR count). The highest BCUT2D eigenvalue weighted by molar-refractivity contribution is 7.71. The van der Waals surface area contributed by atoms with E-state index in [1.165, 1.54) is 10.8 Å². The molecule has 0 amide bonds. The smallest absolute Gasteiger partial charge is 0.269 e. The minimum atomic E-state index is -0.520. The molecule has 7 N–H and O–H groups in total. The predicted octanol–water partition coefficient (Wildman–Crippen LogP) is -1.90. The number of nitrogens with zero attached hydrogens (tertiary/aromatic N) is 2. The van der Waals surface area contributed by atoms with Crippen molar-refractivity contribution < 1.29 is 10.2 Å². The van der Waals surface area contributed by atoms with Crippen LogP contribution in [0.1, 0.15) is 25.3 Å². The van der Waals surface area contributed by atoms with Gasteiger partial charge in [0, 0.05) is 11.6 Å². The molecular formula is C10H17N6O2S+. The standard InChI is InChI=1S/C10H16N6O2S/c1-2-3-4-16-8(18)6(5-13-15-9(11)12)7(17)14-10(16)19/h5,18H,2-4H2,1H3,(H4,11,12,15)(H,14,17,19)/p+1/b13-5+. The summed E-state index contributed by atoms with van der Waals surface area (Å²) < 4.78 is 1.62. The van der Waals surface area contributed by atoms with E-state index in [9.17, 15) is 9.90 Å². The van der Waals surface area contributed by atoms with Gasteiger partial charge in [0.2, 0.25) is 12.1 Å². The Labute approximate surface area is 114 Å². The van der Waals surface area contributed by atoms with Crippen LogP contribution in [0.4, 0.5) is 0 Å². The van der Waals surface area contributed by atoms with Gasteiger partial charge in [-0.1, -0.05) is 13.3 Å². The molecule has 9 heteroatoms. The molecule has 0 bridgehead atoms. The summed E-state index contributed by atoms with van der Waals surface area (Å²) in [6.45, 7) is 2.53. The van der Waals surface area contributed by atoms with Gasteiger partial charge in [0.15, 0.2) is 10.3 Å². The van der Waals surface area contributed by atoms with Gasteiger partial charge in [0.25, 0.3) is 11.5 Å². The van der Waals surface area contributed by atoms with E-state index in [0.717, 1.165) is 12.8 Å². The highest BCUT2D eigenvalue weighted by Crippen LogP contribution is 2.11. The van der Waals surface area contributed by atoms with E-state index in [1.807, 2.05) is 6.92 Å². The number of aromatic hydroxyl groups is 1. The van der Waals surface area contributed by atoms with Crippen molar-refractivity contribution >= 4 is 24.4 Å². The molecule has 1 aromatic rings.